The second-order valence-corrected chi connectivity index (χ2v) is 3.20. The second kappa shape index (κ2) is 4.65. The maximum Gasteiger partial charge on any atom is 0.357 e. The first-order chi connectivity index (χ1) is 7.08. The fourth-order valence-electron chi connectivity index (χ4n) is 1.21. The summed E-state index contributed by atoms with van der Waals surface area (Å²) >= 11 is 0. The highest BCUT2D eigenvalue weighted by Crippen LogP contribution is 2.07. The summed E-state index contributed by atoms with van der Waals surface area (Å²) in [7, 11) is 0. The van der Waals surface area contributed by atoms with Crippen molar-refractivity contribution in [3.8, 4) is 12.3 Å². The van der Waals surface area contributed by atoms with Gasteiger partial charge in [0.1, 0.15) is 5.69 Å². The Bertz CT molecular complexity index is 401. The van der Waals surface area contributed by atoms with Gasteiger partial charge in [-0.25, -0.2) is 4.79 Å². The Morgan fingerprint density at radius 3 is 3.00 bits per heavy atom. The van der Waals surface area contributed by atoms with Crippen molar-refractivity contribution in [2.24, 2.45) is 0 Å². The minimum absolute atomic E-state index is 0.428. The van der Waals surface area contributed by atoms with Crippen LogP contribution in [0.4, 0.5) is 0 Å². The van der Waals surface area contributed by atoms with Crippen molar-refractivity contribution < 1.29 is 9.53 Å². The highest BCUT2D eigenvalue weighted by molar-refractivity contribution is 5.87. The highest BCUT2D eigenvalue weighted by atomic mass is 16.5. The van der Waals surface area contributed by atoms with Crippen LogP contribution in [-0.4, -0.2) is 21.9 Å². The van der Waals surface area contributed by atoms with E-state index in [-0.39, 0.29) is 0 Å². The smallest absolute Gasteiger partial charge is 0.357 e. The van der Waals surface area contributed by atoms with Gasteiger partial charge in [-0.15, -0.1) is 6.42 Å². The normalized spacial score (nSPS) is 11.9. The molecular formula is C11H14N2O2. The van der Waals surface area contributed by atoms with Crippen molar-refractivity contribution in [3.63, 3.8) is 0 Å². The molecule has 1 rings (SSSR count). The van der Waals surface area contributed by atoms with Gasteiger partial charge in [0.25, 0.3) is 0 Å². The summed E-state index contributed by atoms with van der Waals surface area (Å²) in [6.07, 6.45) is 4.61. The van der Waals surface area contributed by atoms with Crippen LogP contribution in [-0.2, 0) is 11.3 Å². The second-order valence-electron chi connectivity index (χ2n) is 3.20. The van der Waals surface area contributed by atoms with Gasteiger partial charge in [0.15, 0.2) is 6.10 Å². The van der Waals surface area contributed by atoms with Crippen LogP contribution in [0.5, 0.6) is 0 Å². The molecule has 1 aromatic rings. The third kappa shape index (κ3) is 2.59. The lowest BCUT2D eigenvalue weighted by Crippen LogP contribution is -2.17. The molecule has 0 aromatic carbocycles. The van der Waals surface area contributed by atoms with Crippen molar-refractivity contribution in [1.82, 2.24) is 9.78 Å². The molecule has 15 heavy (non-hydrogen) atoms. The van der Waals surface area contributed by atoms with E-state index in [0.717, 1.165) is 5.69 Å². The van der Waals surface area contributed by atoms with E-state index < -0.39 is 12.1 Å². The molecule has 0 aliphatic rings. The Morgan fingerprint density at radius 2 is 2.47 bits per heavy atom. The number of nitrogens with zero attached hydrogens (tertiary/aromatic N) is 2. The lowest BCUT2D eigenvalue weighted by molar-refractivity contribution is 0.0424. The molecule has 0 aliphatic heterocycles. The fourth-order valence-corrected chi connectivity index (χ4v) is 1.21. The lowest BCUT2D eigenvalue weighted by Gasteiger charge is -2.07. The molecule has 0 saturated heterocycles. The number of aromatic nitrogens is 2. The summed E-state index contributed by atoms with van der Waals surface area (Å²) in [5.41, 5.74) is 1.23. The third-order valence-electron chi connectivity index (χ3n) is 1.93. The van der Waals surface area contributed by atoms with Gasteiger partial charge in [0.2, 0.25) is 0 Å². The fraction of sp³-hybridized carbons (Fsp3) is 0.455. The molecule has 80 valence electrons. The van der Waals surface area contributed by atoms with Crippen LogP contribution >= 0.6 is 0 Å². The summed E-state index contributed by atoms with van der Waals surface area (Å²) in [6.45, 7) is 6.02. The molecule has 0 radical (unpaired) electrons. The molecule has 0 saturated carbocycles. The number of carbonyl (C=O) groups is 1. The predicted molar refractivity (Wildman–Crippen MR) is 56.3 cm³/mol. The number of ether oxygens (including phenoxy) is 1. The van der Waals surface area contributed by atoms with E-state index >= 15 is 0 Å². The first kappa shape index (κ1) is 11.3. The van der Waals surface area contributed by atoms with Gasteiger partial charge < -0.3 is 4.74 Å². The van der Waals surface area contributed by atoms with Gasteiger partial charge in [-0.2, -0.15) is 5.10 Å². The highest BCUT2D eigenvalue weighted by Gasteiger charge is 2.16. The summed E-state index contributed by atoms with van der Waals surface area (Å²) < 4.78 is 6.60. The number of aryl methyl sites for hydroxylation is 2. The van der Waals surface area contributed by atoms with E-state index in [0.29, 0.717) is 12.2 Å². The summed E-state index contributed by atoms with van der Waals surface area (Å²) in [5.74, 6) is 1.91. The van der Waals surface area contributed by atoms with Crippen LogP contribution in [0.3, 0.4) is 0 Å². The van der Waals surface area contributed by atoms with Gasteiger partial charge in [-0.3, -0.25) is 4.68 Å². The Kier molecular flexibility index (Phi) is 3.51. The molecule has 0 bridgehead atoms. The van der Waals surface area contributed by atoms with Gasteiger partial charge in [0.05, 0.1) is 5.69 Å². The Labute approximate surface area is 89.2 Å². The van der Waals surface area contributed by atoms with E-state index in [1.807, 2.05) is 13.8 Å². The topological polar surface area (TPSA) is 44.1 Å². The van der Waals surface area contributed by atoms with Crippen LogP contribution in [0, 0.1) is 19.3 Å². The van der Waals surface area contributed by atoms with Crippen LogP contribution in [0.2, 0.25) is 0 Å². The molecule has 1 heterocycles. The summed E-state index contributed by atoms with van der Waals surface area (Å²) in [5, 5.41) is 4.15. The van der Waals surface area contributed by atoms with E-state index in [4.69, 9.17) is 11.2 Å². The van der Waals surface area contributed by atoms with E-state index in [2.05, 4.69) is 11.0 Å². The minimum atomic E-state index is -0.516. The minimum Gasteiger partial charge on any atom is -0.445 e. The Morgan fingerprint density at radius 1 is 1.80 bits per heavy atom. The van der Waals surface area contributed by atoms with Gasteiger partial charge in [-0.05, 0) is 26.8 Å². The average Bonchev–Trinajstić information content (AvgIpc) is 2.59. The first-order valence-electron chi connectivity index (χ1n) is 4.80. The number of hydrogen-bond donors (Lipinski definition) is 0. The summed E-state index contributed by atoms with van der Waals surface area (Å²) in [6, 6.07) is 1.69. The monoisotopic (exact) mass is 206 g/mol. The average molecular weight is 206 g/mol. The molecule has 0 aliphatic carbocycles. The van der Waals surface area contributed by atoms with Crippen molar-refractivity contribution in [3.05, 3.63) is 17.5 Å². The molecule has 0 N–H and O–H groups in total. The number of hydrogen-bond acceptors (Lipinski definition) is 3. The number of esters is 1. The van der Waals surface area contributed by atoms with Gasteiger partial charge >= 0.3 is 5.97 Å². The third-order valence-corrected chi connectivity index (χ3v) is 1.93. The van der Waals surface area contributed by atoms with Gasteiger partial charge in [0, 0.05) is 6.54 Å². The molecule has 1 aromatic heterocycles. The molecule has 0 amide bonds. The number of rotatable bonds is 3. The zero-order valence-electron chi connectivity index (χ0n) is 9.15. The summed E-state index contributed by atoms with van der Waals surface area (Å²) in [4.78, 5) is 11.6. The molecule has 0 spiro atoms. The van der Waals surface area contributed by atoms with Gasteiger partial charge in [-0.1, -0.05) is 5.92 Å². The predicted octanol–water partition coefficient (Wildman–Crippen LogP) is 1.39. The molecule has 0 unspecified atom stereocenters. The molecular weight excluding hydrogens is 192 g/mol. The van der Waals surface area contributed by atoms with Crippen molar-refractivity contribution in [2.45, 2.75) is 33.4 Å². The van der Waals surface area contributed by atoms with Crippen LogP contribution < -0.4 is 0 Å². The van der Waals surface area contributed by atoms with Crippen LogP contribution in [0.1, 0.15) is 30.0 Å². The molecule has 0 fully saturated rings. The maximum absolute atomic E-state index is 11.6. The maximum atomic E-state index is 11.6. The largest absolute Gasteiger partial charge is 0.445 e. The number of carbonyl (C=O) groups excluding carboxylic acids is 1. The molecule has 4 nitrogen and oxygen atoms in total. The lowest BCUT2D eigenvalue weighted by atomic mass is 10.3. The van der Waals surface area contributed by atoms with Crippen molar-refractivity contribution in [1.29, 1.82) is 0 Å². The molecule has 1 atom stereocenters. The quantitative estimate of drug-likeness (QED) is 0.554. The zero-order valence-corrected chi connectivity index (χ0v) is 9.15. The van der Waals surface area contributed by atoms with Crippen molar-refractivity contribution in [2.75, 3.05) is 0 Å². The molecule has 4 heteroatoms. The van der Waals surface area contributed by atoms with E-state index in [9.17, 15) is 4.79 Å². The SMILES string of the molecule is C#C[C@@H](C)OC(=O)c1cc(C)nn1CC. The van der Waals surface area contributed by atoms with Crippen molar-refractivity contribution >= 4 is 5.97 Å². The first-order valence-corrected chi connectivity index (χ1v) is 4.80. The Balaban J connectivity index is 2.86. The van der Waals surface area contributed by atoms with E-state index in [1.165, 1.54) is 0 Å². The van der Waals surface area contributed by atoms with E-state index in [1.54, 1.807) is 17.7 Å². The zero-order chi connectivity index (χ0) is 11.4. The standard InChI is InChI=1S/C11H14N2O2/c1-5-9(4)15-11(14)10-7-8(3)12-13(10)6-2/h1,7,9H,6H2,2-4H3/t9-/m1/s1. The van der Waals surface area contributed by atoms with Crippen LogP contribution in [0.25, 0.3) is 0 Å². The Hall–Kier alpha value is -1.76. The number of terminal acetylenes is 1. The van der Waals surface area contributed by atoms with Crippen LogP contribution in [0.15, 0.2) is 6.07 Å².